The van der Waals surface area contributed by atoms with Crippen LogP contribution in [-0.4, -0.2) is 44.6 Å². The van der Waals surface area contributed by atoms with Gasteiger partial charge < -0.3 is 24.6 Å². The summed E-state index contributed by atoms with van der Waals surface area (Å²) in [4.78, 5) is 13.7. The lowest BCUT2D eigenvalue weighted by atomic mass is 9.75. The number of rotatable bonds is 10. The summed E-state index contributed by atoms with van der Waals surface area (Å²) in [5, 5.41) is 14.9. The van der Waals surface area contributed by atoms with E-state index >= 15 is 0 Å². The van der Waals surface area contributed by atoms with Crippen molar-refractivity contribution in [2.24, 2.45) is 5.92 Å². The Hall–Kier alpha value is -3.56. The monoisotopic (exact) mass is 531 g/mol. The molecule has 0 aromatic heterocycles. The summed E-state index contributed by atoms with van der Waals surface area (Å²) in [6.07, 6.45) is -5.10. The van der Waals surface area contributed by atoms with Gasteiger partial charge in [-0.2, -0.15) is 13.2 Å². The summed E-state index contributed by atoms with van der Waals surface area (Å²) < 4.78 is 59.2. The van der Waals surface area contributed by atoms with Crippen LogP contribution in [0.1, 0.15) is 30.5 Å². The highest BCUT2D eigenvalue weighted by molar-refractivity contribution is 5.88. The van der Waals surface area contributed by atoms with E-state index in [-0.39, 0.29) is 5.56 Å². The minimum atomic E-state index is -5.10. The molecule has 0 radical (unpaired) electrons. The molecule has 9 heteroatoms. The molecule has 0 saturated heterocycles. The fourth-order valence-electron chi connectivity index (χ4n) is 4.64. The number of ether oxygens (including phenoxy) is 3. The molecule has 0 bridgehead atoms. The van der Waals surface area contributed by atoms with E-state index in [0.29, 0.717) is 22.6 Å². The Bertz CT molecular complexity index is 1150. The number of amides is 1. The van der Waals surface area contributed by atoms with E-state index in [1.54, 1.807) is 68.4 Å². The van der Waals surface area contributed by atoms with Crippen molar-refractivity contribution in [2.45, 2.75) is 37.3 Å². The first kappa shape index (κ1) is 29.0. The number of carbonyl (C=O) groups excluding carboxylic acids is 1. The van der Waals surface area contributed by atoms with E-state index in [9.17, 15) is 23.1 Å². The molecule has 38 heavy (non-hydrogen) atoms. The summed E-state index contributed by atoms with van der Waals surface area (Å²) in [6, 6.07) is 18.4. The molecule has 0 fully saturated rings. The summed E-state index contributed by atoms with van der Waals surface area (Å²) in [7, 11) is 3.82. The zero-order valence-electron chi connectivity index (χ0n) is 21.9. The molecular weight excluding hydrogens is 499 g/mol. The molecule has 0 heterocycles. The van der Waals surface area contributed by atoms with Gasteiger partial charge in [-0.05, 0) is 41.3 Å². The Balaban J connectivity index is 2.20. The first-order valence-electron chi connectivity index (χ1n) is 12.0. The molecule has 6 nitrogen and oxygen atoms in total. The van der Waals surface area contributed by atoms with Gasteiger partial charge in [0.1, 0.15) is 17.1 Å². The van der Waals surface area contributed by atoms with Crippen molar-refractivity contribution in [1.29, 1.82) is 0 Å². The second-order valence-electron chi connectivity index (χ2n) is 9.17. The molecule has 0 aliphatic rings. The first-order valence-corrected chi connectivity index (χ1v) is 12.0. The molecule has 0 aliphatic heterocycles. The molecule has 0 spiro atoms. The highest BCUT2D eigenvalue weighted by Crippen LogP contribution is 2.44. The number of hydrogen-bond acceptors (Lipinski definition) is 5. The lowest BCUT2D eigenvalue weighted by molar-refractivity contribution is -0.266. The Morgan fingerprint density at radius 1 is 0.763 bits per heavy atom. The summed E-state index contributed by atoms with van der Waals surface area (Å²) >= 11 is 0. The third-order valence-corrected chi connectivity index (χ3v) is 6.67. The van der Waals surface area contributed by atoms with E-state index in [0.717, 1.165) is 7.11 Å². The third kappa shape index (κ3) is 5.21. The Morgan fingerprint density at radius 2 is 1.21 bits per heavy atom. The van der Waals surface area contributed by atoms with Crippen molar-refractivity contribution < 1.29 is 37.3 Å². The van der Waals surface area contributed by atoms with Crippen LogP contribution in [0, 0.1) is 5.92 Å². The second-order valence-corrected chi connectivity index (χ2v) is 9.17. The van der Waals surface area contributed by atoms with E-state index in [1.807, 2.05) is 0 Å². The van der Waals surface area contributed by atoms with Crippen LogP contribution in [0.25, 0.3) is 0 Å². The Kier molecular flexibility index (Phi) is 8.74. The Labute approximate surface area is 220 Å². The second kappa shape index (κ2) is 11.4. The largest absolute Gasteiger partial charge is 0.497 e. The van der Waals surface area contributed by atoms with Gasteiger partial charge in [0, 0.05) is 12.7 Å². The fourth-order valence-corrected chi connectivity index (χ4v) is 4.64. The molecule has 2 N–H and O–H groups in total. The van der Waals surface area contributed by atoms with Gasteiger partial charge in [-0.15, -0.1) is 0 Å². The molecule has 204 valence electrons. The molecule has 0 unspecified atom stereocenters. The van der Waals surface area contributed by atoms with Crippen molar-refractivity contribution in [3.05, 3.63) is 95.6 Å². The maximum atomic E-state index is 14.6. The van der Waals surface area contributed by atoms with Crippen LogP contribution in [0.4, 0.5) is 13.2 Å². The van der Waals surface area contributed by atoms with E-state index in [2.05, 4.69) is 5.32 Å². The minimum absolute atomic E-state index is 0.345. The Morgan fingerprint density at radius 3 is 1.55 bits per heavy atom. The molecular formula is C29H32F3NO5. The van der Waals surface area contributed by atoms with Crippen molar-refractivity contribution in [3.63, 3.8) is 0 Å². The topological polar surface area (TPSA) is 77.0 Å². The third-order valence-electron chi connectivity index (χ3n) is 6.67. The number of aliphatic hydroxyl groups is 1. The summed E-state index contributed by atoms with van der Waals surface area (Å²) in [5.74, 6) is -0.921. The summed E-state index contributed by atoms with van der Waals surface area (Å²) in [5.41, 5.74) is -4.94. The van der Waals surface area contributed by atoms with Gasteiger partial charge in [-0.3, -0.25) is 4.79 Å². The van der Waals surface area contributed by atoms with E-state index < -0.39 is 35.2 Å². The average Bonchev–Trinajstić information content (AvgIpc) is 2.91. The maximum absolute atomic E-state index is 14.6. The zero-order chi connectivity index (χ0) is 28.1. The van der Waals surface area contributed by atoms with E-state index in [4.69, 9.17) is 14.2 Å². The number of methoxy groups -OCH3 is 3. The molecule has 2 atom stereocenters. The number of halogens is 3. The standard InChI is InChI=1S/C29H32F3NO5/c1-19(2)25(33-26(34)28(38-5,29(30,31)32)22-9-7-6-8-10-22)27(35,20-11-15-23(36-3)16-12-20)21-13-17-24(37-4)18-14-21/h6-19,25,35H,1-5H3,(H,33,34)/t25-,28+/m0/s1. The van der Waals surface area contributed by atoms with Crippen LogP contribution >= 0.6 is 0 Å². The lowest BCUT2D eigenvalue weighted by Gasteiger charge is -2.42. The van der Waals surface area contributed by atoms with Crippen LogP contribution in [0.5, 0.6) is 11.5 Å². The normalized spacial score (nSPS) is 14.5. The van der Waals surface area contributed by atoms with Gasteiger partial charge in [0.05, 0.1) is 20.3 Å². The van der Waals surface area contributed by atoms with Crippen LogP contribution in [0.3, 0.4) is 0 Å². The number of alkyl halides is 3. The predicted octanol–water partition coefficient (Wildman–Crippen LogP) is 5.18. The van der Waals surface area contributed by atoms with Gasteiger partial charge in [-0.1, -0.05) is 68.4 Å². The zero-order valence-corrected chi connectivity index (χ0v) is 21.9. The predicted molar refractivity (Wildman–Crippen MR) is 137 cm³/mol. The molecule has 3 aromatic carbocycles. The van der Waals surface area contributed by atoms with Crippen LogP contribution < -0.4 is 14.8 Å². The maximum Gasteiger partial charge on any atom is 0.430 e. The molecule has 0 aliphatic carbocycles. The van der Waals surface area contributed by atoms with Crippen molar-refractivity contribution >= 4 is 5.91 Å². The number of hydrogen-bond donors (Lipinski definition) is 2. The van der Waals surface area contributed by atoms with Crippen LogP contribution in [-0.2, 0) is 20.7 Å². The van der Waals surface area contributed by atoms with Gasteiger partial charge in [0.2, 0.25) is 0 Å². The van der Waals surface area contributed by atoms with Crippen molar-refractivity contribution in [1.82, 2.24) is 5.32 Å². The molecule has 0 saturated carbocycles. The highest BCUT2D eigenvalue weighted by Gasteiger charge is 2.63. The summed E-state index contributed by atoms with van der Waals surface area (Å²) in [6.45, 7) is 3.40. The fraction of sp³-hybridized carbons (Fsp3) is 0.345. The molecule has 1 amide bonds. The smallest absolute Gasteiger partial charge is 0.430 e. The molecule has 3 aromatic rings. The highest BCUT2D eigenvalue weighted by atomic mass is 19.4. The number of carbonyl (C=O) groups is 1. The molecule has 3 rings (SSSR count). The average molecular weight is 532 g/mol. The SMILES string of the molecule is COc1ccc(C(O)(c2ccc(OC)cc2)[C@@H](NC(=O)[C@](OC)(c2ccccc2)C(F)(F)F)C(C)C)cc1. The van der Waals surface area contributed by atoms with Gasteiger partial charge in [-0.25, -0.2) is 0 Å². The van der Waals surface area contributed by atoms with Gasteiger partial charge in [0.25, 0.3) is 11.5 Å². The van der Waals surface area contributed by atoms with E-state index in [1.165, 1.54) is 38.5 Å². The van der Waals surface area contributed by atoms with Crippen molar-refractivity contribution in [3.8, 4) is 11.5 Å². The minimum Gasteiger partial charge on any atom is -0.497 e. The first-order chi connectivity index (χ1) is 17.9. The van der Waals surface area contributed by atoms with Gasteiger partial charge >= 0.3 is 6.18 Å². The number of benzene rings is 3. The van der Waals surface area contributed by atoms with Crippen LogP contribution in [0.2, 0.25) is 0 Å². The number of nitrogens with one attached hydrogen (secondary N) is 1. The quantitative estimate of drug-likeness (QED) is 0.377. The van der Waals surface area contributed by atoms with Crippen LogP contribution in [0.15, 0.2) is 78.9 Å². The van der Waals surface area contributed by atoms with Crippen molar-refractivity contribution in [2.75, 3.05) is 21.3 Å². The lowest BCUT2D eigenvalue weighted by Crippen LogP contribution is -2.62. The van der Waals surface area contributed by atoms with Gasteiger partial charge in [0.15, 0.2) is 0 Å².